The Morgan fingerprint density at radius 3 is 2.58 bits per heavy atom. The molecule has 0 bridgehead atoms. The standard InChI is InChI=1S/C13H26N2O3S/c1-4-19(17,18)9-5-6-13(16)10-12-11-14(2)7-8-15(12)3/h12H,4-11H2,1-3H3. The Morgan fingerprint density at radius 1 is 1.26 bits per heavy atom. The van der Waals surface area contributed by atoms with Crippen LogP contribution in [0.15, 0.2) is 0 Å². The summed E-state index contributed by atoms with van der Waals surface area (Å²) >= 11 is 0. The number of hydrogen-bond donors (Lipinski definition) is 0. The Morgan fingerprint density at radius 2 is 1.95 bits per heavy atom. The maximum absolute atomic E-state index is 11.9. The van der Waals surface area contributed by atoms with E-state index in [-0.39, 0.29) is 23.3 Å². The lowest BCUT2D eigenvalue weighted by Gasteiger charge is -2.37. The Kier molecular flexibility index (Phi) is 6.42. The summed E-state index contributed by atoms with van der Waals surface area (Å²) in [6.07, 6.45) is 1.38. The molecule has 0 N–H and O–H groups in total. The molecule has 1 atom stereocenters. The van der Waals surface area contributed by atoms with Crippen molar-refractivity contribution in [2.75, 3.05) is 45.2 Å². The van der Waals surface area contributed by atoms with E-state index in [1.54, 1.807) is 6.92 Å². The molecule has 5 nitrogen and oxygen atoms in total. The number of carbonyl (C=O) groups excluding carboxylic acids is 1. The van der Waals surface area contributed by atoms with Gasteiger partial charge in [-0.3, -0.25) is 4.79 Å². The molecule has 1 aliphatic heterocycles. The van der Waals surface area contributed by atoms with E-state index in [1.807, 2.05) is 7.05 Å². The molecule has 0 aromatic rings. The van der Waals surface area contributed by atoms with Crippen LogP contribution in [0.25, 0.3) is 0 Å². The summed E-state index contributed by atoms with van der Waals surface area (Å²) in [5.74, 6) is 0.478. The van der Waals surface area contributed by atoms with E-state index in [1.165, 1.54) is 0 Å². The van der Waals surface area contributed by atoms with Gasteiger partial charge in [-0.05, 0) is 20.5 Å². The smallest absolute Gasteiger partial charge is 0.150 e. The van der Waals surface area contributed by atoms with Crippen LogP contribution in [0.1, 0.15) is 26.2 Å². The van der Waals surface area contributed by atoms with Gasteiger partial charge in [-0.15, -0.1) is 0 Å². The molecule has 0 radical (unpaired) electrons. The third kappa shape index (κ3) is 6.01. The van der Waals surface area contributed by atoms with Crippen molar-refractivity contribution in [2.45, 2.75) is 32.2 Å². The molecule has 112 valence electrons. The maximum Gasteiger partial charge on any atom is 0.150 e. The highest BCUT2D eigenvalue weighted by Crippen LogP contribution is 2.12. The summed E-state index contributed by atoms with van der Waals surface area (Å²) in [5, 5.41) is 0. The van der Waals surface area contributed by atoms with Gasteiger partial charge in [-0.2, -0.15) is 0 Å². The van der Waals surface area contributed by atoms with Crippen molar-refractivity contribution < 1.29 is 13.2 Å². The van der Waals surface area contributed by atoms with Crippen LogP contribution in [0.5, 0.6) is 0 Å². The van der Waals surface area contributed by atoms with E-state index in [0.29, 0.717) is 19.3 Å². The number of rotatable bonds is 7. The molecule has 1 saturated heterocycles. The van der Waals surface area contributed by atoms with Gasteiger partial charge in [0, 0.05) is 44.3 Å². The first-order valence-electron chi connectivity index (χ1n) is 6.95. The van der Waals surface area contributed by atoms with Crippen LogP contribution in [0.2, 0.25) is 0 Å². The number of Topliss-reactive ketones (excluding diaryl/α,β-unsaturated/α-hetero) is 1. The zero-order valence-corrected chi connectivity index (χ0v) is 13.1. The number of ketones is 1. The number of piperazine rings is 1. The van der Waals surface area contributed by atoms with E-state index >= 15 is 0 Å². The van der Waals surface area contributed by atoms with Gasteiger partial charge < -0.3 is 9.80 Å². The largest absolute Gasteiger partial charge is 0.304 e. The first kappa shape index (κ1) is 16.6. The summed E-state index contributed by atoms with van der Waals surface area (Å²) < 4.78 is 22.7. The summed E-state index contributed by atoms with van der Waals surface area (Å²) in [6, 6.07) is 0.272. The monoisotopic (exact) mass is 290 g/mol. The molecule has 1 heterocycles. The summed E-state index contributed by atoms with van der Waals surface area (Å²) in [6.45, 7) is 4.58. The number of hydrogen-bond acceptors (Lipinski definition) is 5. The van der Waals surface area contributed by atoms with Crippen molar-refractivity contribution in [2.24, 2.45) is 0 Å². The number of carbonyl (C=O) groups is 1. The van der Waals surface area contributed by atoms with Crippen molar-refractivity contribution in [3.05, 3.63) is 0 Å². The zero-order chi connectivity index (χ0) is 14.5. The van der Waals surface area contributed by atoms with Gasteiger partial charge in [0.15, 0.2) is 0 Å². The molecular formula is C13H26N2O3S. The van der Waals surface area contributed by atoms with E-state index in [2.05, 4.69) is 16.8 Å². The lowest BCUT2D eigenvalue weighted by atomic mass is 10.0. The second-order valence-electron chi connectivity index (χ2n) is 5.48. The SMILES string of the molecule is CCS(=O)(=O)CCCC(=O)CC1CN(C)CCN1C. The average Bonchev–Trinajstić information content (AvgIpc) is 2.33. The van der Waals surface area contributed by atoms with E-state index in [0.717, 1.165) is 19.6 Å². The highest BCUT2D eigenvalue weighted by molar-refractivity contribution is 7.91. The molecule has 1 rings (SSSR count). The minimum Gasteiger partial charge on any atom is -0.304 e. The molecule has 0 aromatic carbocycles. The third-order valence-electron chi connectivity index (χ3n) is 3.79. The van der Waals surface area contributed by atoms with Crippen LogP contribution in [0, 0.1) is 0 Å². The Hall–Kier alpha value is -0.460. The molecule has 0 aromatic heterocycles. The van der Waals surface area contributed by atoms with Crippen molar-refractivity contribution >= 4 is 15.6 Å². The van der Waals surface area contributed by atoms with E-state index < -0.39 is 9.84 Å². The van der Waals surface area contributed by atoms with Crippen molar-refractivity contribution in [3.63, 3.8) is 0 Å². The van der Waals surface area contributed by atoms with Gasteiger partial charge in [-0.25, -0.2) is 8.42 Å². The minimum absolute atomic E-state index is 0.135. The fourth-order valence-electron chi connectivity index (χ4n) is 2.32. The molecule has 0 amide bonds. The van der Waals surface area contributed by atoms with E-state index in [9.17, 15) is 13.2 Å². The molecule has 19 heavy (non-hydrogen) atoms. The van der Waals surface area contributed by atoms with Crippen LogP contribution in [0.4, 0.5) is 0 Å². The maximum atomic E-state index is 11.9. The van der Waals surface area contributed by atoms with Crippen LogP contribution < -0.4 is 0 Å². The molecular weight excluding hydrogens is 264 g/mol. The van der Waals surface area contributed by atoms with Gasteiger partial charge in [0.05, 0.1) is 5.75 Å². The zero-order valence-electron chi connectivity index (χ0n) is 12.3. The van der Waals surface area contributed by atoms with Crippen LogP contribution >= 0.6 is 0 Å². The second-order valence-corrected chi connectivity index (χ2v) is 7.95. The van der Waals surface area contributed by atoms with E-state index in [4.69, 9.17) is 0 Å². The number of likely N-dealkylation sites (N-methyl/N-ethyl adjacent to an activating group) is 2. The summed E-state index contributed by atoms with van der Waals surface area (Å²) in [5.41, 5.74) is 0. The molecule has 1 fully saturated rings. The first-order chi connectivity index (χ1) is 8.84. The fraction of sp³-hybridized carbons (Fsp3) is 0.923. The van der Waals surface area contributed by atoms with Gasteiger partial charge in [0.1, 0.15) is 15.6 Å². The van der Waals surface area contributed by atoms with Gasteiger partial charge in [0.2, 0.25) is 0 Å². The fourth-order valence-corrected chi connectivity index (χ4v) is 3.19. The van der Waals surface area contributed by atoms with Crippen LogP contribution in [0.3, 0.4) is 0 Å². The molecule has 1 aliphatic rings. The highest BCUT2D eigenvalue weighted by atomic mass is 32.2. The molecule has 6 heteroatoms. The minimum atomic E-state index is -2.94. The Bertz CT molecular complexity index is 395. The number of sulfone groups is 1. The highest BCUT2D eigenvalue weighted by Gasteiger charge is 2.24. The molecule has 0 aliphatic carbocycles. The lowest BCUT2D eigenvalue weighted by Crippen LogP contribution is -2.50. The summed E-state index contributed by atoms with van der Waals surface area (Å²) in [4.78, 5) is 16.4. The van der Waals surface area contributed by atoms with Crippen LogP contribution in [-0.4, -0.2) is 75.3 Å². The average molecular weight is 290 g/mol. The van der Waals surface area contributed by atoms with Gasteiger partial charge in [-0.1, -0.05) is 6.92 Å². The second kappa shape index (κ2) is 7.36. The predicted molar refractivity (Wildman–Crippen MR) is 77.1 cm³/mol. The van der Waals surface area contributed by atoms with Crippen molar-refractivity contribution in [1.29, 1.82) is 0 Å². The normalized spacial score (nSPS) is 22.6. The predicted octanol–water partition coefficient (Wildman–Crippen LogP) is 0.406. The van der Waals surface area contributed by atoms with Crippen molar-refractivity contribution in [3.8, 4) is 0 Å². The molecule has 0 saturated carbocycles. The summed E-state index contributed by atoms with van der Waals surface area (Å²) in [7, 11) is 1.18. The molecule has 1 unspecified atom stereocenters. The van der Waals surface area contributed by atoms with Gasteiger partial charge >= 0.3 is 0 Å². The Labute approximate surface area is 116 Å². The van der Waals surface area contributed by atoms with Crippen molar-refractivity contribution in [1.82, 2.24) is 9.80 Å². The first-order valence-corrected chi connectivity index (χ1v) is 8.77. The third-order valence-corrected chi connectivity index (χ3v) is 5.58. The number of nitrogens with zero attached hydrogens (tertiary/aromatic N) is 2. The lowest BCUT2D eigenvalue weighted by molar-refractivity contribution is -0.120. The Balaban J connectivity index is 2.31. The van der Waals surface area contributed by atoms with Gasteiger partial charge in [0.25, 0.3) is 0 Å². The topological polar surface area (TPSA) is 57.7 Å². The van der Waals surface area contributed by atoms with Crippen LogP contribution in [-0.2, 0) is 14.6 Å². The quantitative estimate of drug-likeness (QED) is 0.679. The molecule has 0 spiro atoms.